The Labute approximate surface area is 111 Å². The van der Waals surface area contributed by atoms with Crippen LogP contribution in [0.5, 0.6) is 0 Å². The lowest BCUT2D eigenvalue weighted by atomic mass is 9.87. The zero-order chi connectivity index (χ0) is 13.3. The molecule has 0 aliphatic heterocycles. The molecule has 2 aromatic heterocycles. The van der Waals surface area contributed by atoms with Crippen molar-refractivity contribution in [1.82, 2.24) is 10.1 Å². The fraction of sp³-hybridized carbons (Fsp3) is 0.385. The predicted octanol–water partition coefficient (Wildman–Crippen LogP) is 4.07. The molecule has 0 saturated carbocycles. The van der Waals surface area contributed by atoms with E-state index in [0.717, 1.165) is 22.8 Å². The van der Waals surface area contributed by atoms with E-state index >= 15 is 0 Å². The lowest BCUT2D eigenvalue weighted by molar-refractivity contribution is 0.415. The minimum Gasteiger partial charge on any atom is -0.362 e. The van der Waals surface area contributed by atoms with Gasteiger partial charge in [0.2, 0.25) is 0 Å². The molecule has 0 fully saturated rings. The summed E-state index contributed by atoms with van der Waals surface area (Å²) in [7, 11) is 0. The Balaban J connectivity index is 2.33. The van der Waals surface area contributed by atoms with Gasteiger partial charge in [-0.1, -0.05) is 37.5 Å². The van der Waals surface area contributed by atoms with Gasteiger partial charge in [0.1, 0.15) is 23.5 Å². The second-order valence-electron chi connectivity index (χ2n) is 5.24. The zero-order valence-corrected chi connectivity index (χ0v) is 11.7. The van der Waals surface area contributed by atoms with E-state index in [2.05, 4.69) is 36.2 Å². The average molecular weight is 266 g/mol. The molecule has 2 heterocycles. The highest BCUT2D eigenvalue weighted by atomic mass is 35.5. The number of hydrogen-bond donors (Lipinski definition) is 1. The average Bonchev–Trinajstić information content (AvgIpc) is 2.66. The van der Waals surface area contributed by atoms with Gasteiger partial charge in [-0.25, -0.2) is 4.98 Å². The number of aryl methyl sites for hydroxylation is 1. The lowest BCUT2D eigenvalue weighted by Crippen LogP contribution is -2.12. The van der Waals surface area contributed by atoms with Crippen molar-refractivity contribution in [2.45, 2.75) is 33.1 Å². The van der Waals surface area contributed by atoms with Crippen LogP contribution in [0.1, 0.15) is 32.0 Å². The molecule has 5 heteroatoms. The van der Waals surface area contributed by atoms with E-state index in [-0.39, 0.29) is 5.41 Å². The van der Waals surface area contributed by atoms with E-state index < -0.39 is 0 Å². The summed E-state index contributed by atoms with van der Waals surface area (Å²) in [5.74, 6) is 0.732. The molecule has 0 aliphatic rings. The quantitative estimate of drug-likeness (QED) is 0.889. The maximum atomic E-state index is 6.17. The third-order valence-electron chi connectivity index (χ3n) is 2.68. The van der Waals surface area contributed by atoms with E-state index in [1.165, 1.54) is 0 Å². The minimum atomic E-state index is -0.0276. The molecule has 0 spiro atoms. The van der Waals surface area contributed by atoms with Crippen molar-refractivity contribution in [3.63, 3.8) is 0 Å². The third-order valence-corrected chi connectivity index (χ3v) is 2.98. The van der Waals surface area contributed by atoms with Crippen molar-refractivity contribution in [2.24, 2.45) is 0 Å². The number of nitrogens with one attached hydrogen (secondary N) is 1. The third kappa shape index (κ3) is 2.64. The molecule has 0 amide bonds. The molecule has 0 aromatic carbocycles. The van der Waals surface area contributed by atoms with Gasteiger partial charge in [0.25, 0.3) is 0 Å². The van der Waals surface area contributed by atoms with Crippen LogP contribution in [0.25, 0.3) is 0 Å². The highest BCUT2D eigenvalue weighted by molar-refractivity contribution is 6.31. The molecular formula is C13H16ClN3O. The van der Waals surface area contributed by atoms with E-state index in [1.54, 1.807) is 12.5 Å². The fourth-order valence-corrected chi connectivity index (χ4v) is 2.02. The summed E-state index contributed by atoms with van der Waals surface area (Å²) in [6.07, 6.45) is 3.22. The largest absolute Gasteiger partial charge is 0.362 e. The van der Waals surface area contributed by atoms with Crippen LogP contribution >= 0.6 is 11.6 Å². The summed E-state index contributed by atoms with van der Waals surface area (Å²) in [6, 6.07) is 1.95. The molecule has 4 nitrogen and oxygen atoms in total. The van der Waals surface area contributed by atoms with Crippen LogP contribution in [-0.4, -0.2) is 10.1 Å². The Bertz CT molecular complexity index is 558. The molecule has 18 heavy (non-hydrogen) atoms. The van der Waals surface area contributed by atoms with Crippen LogP contribution in [0, 0.1) is 6.92 Å². The molecule has 0 unspecified atom stereocenters. The topological polar surface area (TPSA) is 51.0 Å². The lowest BCUT2D eigenvalue weighted by Gasteiger charge is -2.21. The van der Waals surface area contributed by atoms with Crippen LogP contribution in [0.3, 0.4) is 0 Å². The number of pyridine rings is 1. The summed E-state index contributed by atoms with van der Waals surface area (Å²) < 4.78 is 4.87. The molecule has 0 aliphatic carbocycles. The molecule has 0 radical (unpaired) electrons. The minimum absolute atomic E-state index is 0.0276. The van der Waals surface area contributed by atoms with Crippen LogP contribution in [0.2, 0.25) is 5.02 Å². The number of rotatable bonds is 2. The second-order valence-corrected chi connectivity index (χ2v) is 5.65. The summed E-state index contributed by atoms with van der Waals surface area (Å²) in [5.41, 5.74) is 2.63. The molecule has 0 atom stereocenters. The summed E-state index contributed by atoms with van der Waals surface area (Å²) in [6.45, 7) is 8.21. The van der Waals surface area contributed by atoms with Crippen LogP contribution in [0.15, 0.2) is 23.0 Å². The fourth-order valence-electron chi connectivity index (χ4n) is 1.63. The van der Waals surface area contributed by atoms with Gasteiger partial charge >= 0.3 is 0 Å². The Kier molecular flexibility index (Phi) is 3.30. The number of halogens is 1. The van der Waals surface area contributed by atoms with E-state index in [9.17, 15) is 0 Å². The standard InChI is InChI=1S/C13H16ClN3O/c1-8-11(7-18-17-8)16-12-5-9(13(2,3)4)10(14)6-15-12/h5-7H,1-4H3,(H,15,16). The first kappa shape index (κ1) is 12.9. The van der Waals surface area contributed by atoms with Gasteiger partial charge in [0.15, 0.2) is 0 Å². The van der Waals surface area contributed by atoms with Crippen molar-refractivity contribution in [2.75, 3.05) is 5.32 Å². The van der Waals surface area contributed by atoms with Gasteiger partial charge in [0.05, 0.1) is 5.02 Å². The molecule has 0 bridgehead atoms. The van der Waals surface area contributed by atoms with Crippen molar-refractivity contribution < 1.29 is 4.52 Å². The maximum absolute atomic E-state index is 6.17. The zero-order valence-electron chi connectivity index (χ0n) is 10.9. The van der Waals surface area contributed by atoms with Crippen molar-refractivity contribution >= 4 is 23.1 Å². The summed E-state index contributed by atoms with van der Waals surface area (Å²) in [5, 5.41) is 7.65. The summed E-state index contributed by atoms with van der Waals surface area (Å²) >= 11 is 6.17. The van der Waals surface area contributed by atoms with Crippen molar-refractivity contribution in [3.8, 4) is 0 Å². The first-order chi connectivity index (χ1) is 8.38. The first-order valence-corrected chi connectivity index (χ1v) is 6.10. The molecule has 2 aromatic rings. The van der Waals surface area contributed by atoms with Gasteiger partial charge in [0, 0.05) is 6.20 Å². The van der Waals surface area contributed by atoms with Crippen LogP contribution in [0.4, 0.5) is 11.5 Å². The Morgan fingerprint density at radius 1 is 1.33 bits per heavy atom. The SMILES string of the molecule is Cc1nocc1Nc1cc(C(C)(C)C)c(Cl)cn1. The van der Waals surface area contributed by atoms with Gasteiger partial charge in [-0.15, -0.1) is 0 Å². The Hall–Kier alpha value is -1.55. The van der Waals surface area contributed by atoms with Gasteiger partial charge in [-0.05, 0) is 24.0 Å². The molecule has 96 valence electrons. The molecular weight excluding hydrogens is 250 g/mol. The predicted molar refractivity (Wildman–Crippen MR) is 72.5 cm³/mol. The number of anilines is 2. The van der Waals surface area contributed by atoms with Crippen LogP contribution in [-0.2, 0) is 5.41 Å². The second kappa shape index (κ2) is 4.61. The number of nitrogens with zero attached hydrogens (tertiary/aromatic N) is 2. The molecule has 1 N–H and O–H groups in total. The van der Waals surface area contributed by atoms with E-state index in [0.29, 0.717) is 5.02 Å². The van der Waals surface area contributed by atoms with Gasteiger partial charge < -0.3 is 9.84 Å². The molecule has 0 saturated heterocycles. The van der Waals surface area contributed by atoms with E-state index in [1.807, 2.05) is 13.0 Å². The summed E-state index contributed by atoms with van der Waals surface area (Å²) in [4.78, 5) is 4.26. The monoisotopic (exact) mass is 265 g/mol. The van der Waals surface area contributed by atoms with Crippen molar-refractivity contribution in [3.05, 3.63) is 34.8 Å². The van der Waals surface area contributed by atoms with Crippen molar-refractivity contribution in [1.29, 1.82) is 0 Å². The highest BCUT2D eigenvalue weighted by Gasteiger charge is 2.18. The number of aromatic nitrogens is 2. The smallest absolute Gasteiger partial charge is 0.147 e. The van der Waals surface area contributed by atoms with Gasteiger partial charge in [-0.2, -0.15) is 0 Å². The normalized spacial score (nSPS) is 11.6. The van der Waals surface area contributed by atoms with Crippen LogP contribution < -0.4 is 5.32 Å². The Morgan fingerprint density at radius 2 is 2.06 bits per heavy atom. The number of hydrogen-bond acceptors (Lipinski definition) is 4. The maximum Gasteiger partial charge on any atom is 0.147 e. The molecule has 2 rings (SSSR count). The Morgan fingerprint density at radius 3 is 2.61 bits per heavy atom. The van der Waals surface area contributed by atoms with Gasteiger partial charge in [-0.3, -0.25) is 0 Å². The highest BCUT2D eigenvalue weighted by Crippen LogP contribution is 2.31. The first-order valence-electron chi connectivity index (χ1n) is 5.72. The van der Waals surface area contributed by atoms with E-state index in [4.69, 9.17) is 16.1 Å².